The molecule has 31 heavy (non-hydrogen) atoms. The first-order valence-corrected chi connectivity index (χ1v) is 11.8. The van der Waals surface area contributed by atoms with Crippen LogP contribution in [0.3, 0.4) is 0 Å². The standard InChI is InChI=1S/C23H25FN4O2S/c24-16-7-5-15(6-8-16)13-28-23(30)27-12-11-17(9-10-21(27)26-28)25-22(29)19-14-31-20-4-2-1-3-18(19)20/h5-8,14,17H,1-4,9-13H2,(H,25,29). The Bertz CT molecular complexity index is 1160. The lowest BCUT2D eigenvalue weighted by Gasteiger charge is -2.17. The molecule has 0 saturated carbocycles. The Hall–Kier alpha value is -2.74. The fourth-order valence-electron chi connectivity index (χ4n) is 4.59. The molecule has 162 valence electrons. The molecule has 1 atom stereocenters. The highest BCUT2D eigenvalue weighted by Crippen LogP contribution is 2.30. The predicted molar refractivity (Wildman–Crippen MR) is 117 cm³/mol. The lowest BCUT2D eigenvalue weighted by Crippen LogP contribution is -2.36. The molecule has 6 nitrogen and oxygen atoms in total. The maximum atomic E-state index is 13.1. The van der Waals surface area contributed by atoms with Crippen molar-refractivity contribution in [3.63, 3.8) is 0 Å². The van der Waals surface area contributed by atoms with Crippen molar-refractivity contribution in [1.29, 1.82) is 0 Å². The highest BCUT2D eigenvalue weighted by molar-refractivity contribution is 7.10. The van der Waals surface area contributed by atoms with Crippen LogP contribution in [0.15, 0.2) is 34.4 Å². The van der Waals surface area contributed by atoms with E-state index in [0.29, 0.717) is 25.9 Å². The van der Waals surface area contributed by atoms with Crippen LogP contribution in [-0.2, 0) is 32.4 Å². The van der Waals surface area contributed by atoms with Gasteiger partial charge in [0.2, 0.25) is 0 Å². The molecule has 0 radical (unpaired) electrons. The van der Waals surface area contributed by atoms with Gasteiger partial charge >= 0.3 is 5.69 Å². The second kappa shape index (κ2) is 8.42. The van der Waals surface area contributed by atoms with Crippen LogP contribution in [0.1, 0.15) is 57.9 Å². The zero-order valence-electron chi connectivity index (χ0n) is 17.3. The number of carbonyl (C=O) groups excluding carboxylic acids is 1. The summed E-state index contributed by atoms with van der Waals surface area (Å²) in [7, 11) is 0. The van der Waals surface area contributed by atoms with Gasteiger partial charge in [0.25, 0.3) is 5.91 Å². The topological polar surface area (TPSA) is 68.9 Å². The monoisotopic (exact) mass is 440 g/mol. The van der Waals surface area contributed by atoms with Crippen molar-refractivity contribution in [1.82, 2.24) is 19.7 Å². The SMILES string of the molecule is O=C(NC1CCc2nn(Cc3ccc(F)cc3)c(=O)n2CC1)c1csc2c1CCCC2. The van der Waals surface area contributed by atoms with Gasteiger partial charge in [0, 0.05) is 29.3 Å². The molecular weight excluding hydrogens is 415 g/mol. The number of nitrogens with zero attached hydrogens (tertiary/aromatic N) is 3. The summed E-state index contributed by atoms with van der Waals surface area (Å²) in [5.74, 6) is 0.460. The molecule has 5 rings (SSSR count). The third-order valence-corrected chi connectivity index (χ3v) is 7.39. The summed E-state index contributed by atoms with van der Waals surface area (Å²) in [6, 6.07) is 6.14. The Morgan fingerprint density at radius 1 is 1.16 bits per heavy atom. The number of aromatic nitrogens is 3. The maximum Gasteiger partial charge on any atom is 0.346 e. The first kappa shape index (κ1) is 20.2. The van der Waals surface area contributed by atoms with Crippen molar-refractivity contribution < 1.29 is 9.18 Å². The Morgan fingerprint density at radius 2 is 1.97 bits per heavy atom. The summed E-state index contributed by atoms with van der Waals surface area (Å²) >= 11 is 1.70. The molecule has 1 aromatic carbocycles. The van der Waals surface area contributed by atoms with Crippen LogP contribution in [0, 0.1) is 5.82 Å². The normalized spacial score (nSPS) is 18.2. The zero-order valence-corrected chi connectivity index (χ0v) is 18.1. The zero-order chi connectivity index (χ0) is 21.4. The van der Waals surface area contributed by atoms with Gasteiger partial charge in [-0.05, 0) is 61.8 Å². The van der Waals surface area contributed by atoms with Crippen molar-refractivity contribution in [3.05, 3.63) is 73.3 Å². The number of hydrogen-bond donors (Lipinski definition) is 1. The molecule has 0 bridgehead atoms. The van der Waals surface area contributed by atoms with Crippen LogP contribution in [-0.4, -0.2) is 26.3 Å². The van der Waals surface area contributed by atoms with Gasteiger partial charge in [-0.3, -0.25) is 9.36 Å². The minimum Gasteiger partial charge on any atom is -0.349 e. The van der Waals surface area contributed by atoms with E-state index in [9.17, 15) is 14.0 Å². The number of fused-ring (bicyclic) bond motifs is 2. The lowest BCUT2D eigenvalue weighted by atomic mass is 9.95. The molecule has 1 N–H and O–H groups in total. The van der Waals surface area contributed by atoms with E-state index >= 15 is 0 Å². The van der Waals surface area contributed by atoms with E-state index < -0.39 is 0 Å². The lowest BCUT2D eigenvalue weighted by molar-refractivity contribution is 0.0932. The molecule has 0 saturated heterocycles. The van der Waals surface area contributed by atoms with Gasteiger partial charge in [-0.2, -0.15) is 5.10 Å². The Balaban J connectivity index is 1.25. The molecule has 1 unspecified atom stereocenters. The molecule has 1 amide bonds. The van der Waals surface area contributed by atoms with Crippen molar-refractivity contribution in [3.8, 4) is 0 Å². The number of amides is 1. The number of thiophene rings is 1. The second-order valence-electron chi connectivity index (χ2n) is 8.39. The van der Waals surface area contributed by atoms with Crippen molar-refractivity contribution in [2.24, 2.45) is 0 Å². The minimum atomic E-state index is -0.298. The molecule has 0 fully saturated rings. The van der Waals surface area contributed by atoms with Crippen LogP contribution in [0.25, 0.3) is 0 Å². The summed E-state index contributed by atoms with van der Waals surface area (Å²) < 4.78 is 16.3. The average molecular weight is 441 g/mol. The number of nitrogens with one attached hydrogen (secondary N) is 1. The molecule has 0 spiro atoms. The third kappa shape index (κ3) is 4.08. The van der Waals surface area contributed by atoms with Crippen molar-refractivity contribution in [2.45, 2.75) is 64.1 Å². The number of aryl methyl sites for hydroxylation is 2. The summed E-state index contributed by atoms with van der Waals surface area (Å²) in [5, 5.41) is 9.71. The number of hydrogen-bond acceptors (Lipinski definition) is 4. The average Bonchev–Trinajstić information content (AvgIpc) is 3.26. The summed E-state index contributed by atoms with van der Waals surface area (Å²) in [6.45, 7) is 0.854. The highest BCUT2D eigenvalue weighted by atomic mass is 32.1. The summed E-state index contributed by atoms with van der Waals surface area (Å²) in [4.78, 5) is 27.1. The van der Waals surface area contributed by atoms with Gasteiger partial charge in [0.1, 0.15) is 11.6 Å². The maximum absolute atomic E-state index is 13.1. The van der Waals surface area contributed by atoms with Gasteiger partial charge in [0.15, 0.2) is 0 Å². The Kier molecular flexibility index (Phi) is 5.48. The molecule has 3 heterocycles. The molecule has 3 aromatic rings. The van der Waals surface area contributed by atoms with Crippen molar-refractivity contribution in [2.75, 3.05) is 0 Å². The van der Waals surface area contributed by atoms with Crippen LogP contribution < -0.4 is 11.0 Å². The summed E-state index contributed by atoms with van der Waals surface area (Å²) in [5.41, 5.74) is 2.75. The first-order chi connectivity index (χ1) is 15.1. The second-order valence-corrected chi connectivity index (χ2v) is 9.35. The number of carbonyl (C=O) groups is 1. The van der Waals surface area contributed by atoms with E-state index in [2.05, 4.69) is 10.4 Å². The quantitative estimate of drug-likeness (QED) is 0.677. The van der Waals surface area contributed by atoms with Gasteiger partial charge in [-0.15, -0.1) is 11.3 Å². The molecule has 1 aliphatic carbocycles. The van der Waals surface area contributed by atoms with Crippen LogP contribution in [0.4, 0.5) is 4.39 Å². The van der Waals surface area contributed by atoms with Crippen molar-refractivity contribution >= 4 is 17.2 Å². The largest absolute Gasteiger partial charge is 0.349 e. The summed E-state index contributed by atoms with van der Waals surface area (Å²) in [6.07, 6.45) is 6.54. The van der Waals surface area contributed by atoms with E-state index in [1.54, 1.807) is 28.0 Å². The smallest absolute Gasteiger partial charge is 0.346 e. The fourth-order valence-corrected chi connectivity index (χ4v) is 5.71. The Morgan fingerprint density at radius 3 is 2.81 bits per heavy atom. The Labute approximate surface area is 183 Å². The van der Waals surface area contributed by atoms with Gasteiger partial charge in [-0.1, -0.05) is 12.1 Å². The molecular formula is C23H25FN4O2S. The molecule has 8 heteroatoms. The van der Waals surface area contributed by atoms with Gasteiger partial charge < -0.3 is 5.32 Å². The number of halogens is 1. The van der Waals surface area contributed by atoms with Crippen LogP contribution in [0.2, 0.25) is 0 Å². The van der Waals surface area contributed by atoms with Crippen LogP contribution in [0.5, 0.6) is 0 Å². The van der Waals surface area contributed by atoms with E-state index in [0.717, 1.165) is 42.6 Å². The van der Waals surface area contributed by atoms with Gasteiger partial charge in [0.05, 0.1) is 12.1 Å². The fraction of sp³-hybridized carbons (Fsp3) is 0.435. The van der Waals surface area contributed by atoms with E-state index in [1.807, 2.05) is 5.38 Å². The first-order valence-electron chi connectivity index (χ1n) is 10.9. The molecule has 2 aliphatic rings. The van der Waals surface area contributed by atoms with E-state index in [-0.39, 0.29) is 23.5 Å². The number of benzene rings is 1. The third-order valence-electron chi connectivity index (χ3n) is 6.30. The van der Waals surface area contributed by atoms with E-state index in [1.165, 1.54) is 33.7 Å². The predicted octanol–water partition coefficient (Wildman–Crippen LogP) is 3.31. The van der Waals surface area contributed by atoms with Gasteiger partial charge in [-0.25, -0.2) is 13.9 Å². The molecule has 2 aromatic heterocycles. The number of rotatable bonds is 4. The minimum absolute atomic E-state index is 0.0117. The van der Waals surface area contributed by atoms with Crippen LogP contribution >= 0.6 is 11.3 Å². The molecule has 1 aliphatic heterocycles. The van der Waals surface area contributed by atoms with E-state index in [4.69, 9.17) is 0 Å². The highest BCUT2D eigenvalue weighted by Gasteiger charge is 2.25.